The lowest BCUT2D eigenvalue weighted by atomic mass is 10.1. The fourth-order valence-electron chi connectivity index (χ4n) is 2.48. The number of ether oxygens (including phenoxy) is 1. The predicted octanol–water partition coefficient (Wildman–Crippen LogP) is 3.88. The van der Waals surface area contributed by atoms with Crippen molar-refractivity contribution in [2.45, 2.75) is 33.5 Å². The summed E-state index contributed by atoms with van der Waals surface area (Å²) in [5.41, 5.74) is 4.91. The highest BCUT2D eigenvalue weighted by Gasteiger charge is 2.04. The highest BCUT2D eigenvalue weighted by atomic mass is 19.1. The third-order valence-corrected chi connectivity index (χ3v) is 3.46. The number of halogens is 1. The molecule has 1 N–H and O–H groups in total. The summed E-state index contributed by atoms with van der Waals surface area (Å²) in [6.07, 6.45) is 0. The Hall–Kier alpha value is -1.71. The summed E-state index contributed by atoms with van der Waals surface area (Å²) >= 11 is 0. The summed E-state index contributed by atoms with van der Waals surface area (Å²) in [5.74, 6) is -0.106. The smallest absolute Gasteiger partial charge is 0.129 e. The number of rotatable bonds is 6. The van der Waals surface area contributed by atoms with Crippen LogP contribution in [0.25, 0.3) is 0 Å². The minimum atomic E-state index is -0.106. The van der Waals surface area contributed by atoms with Gasteiger partial charge in [-0.1, -0.05) is 36.4 Å². The molecule has 0 spiro atoms. The van der Waals surface area contributed by atoms with Gasteiger partial charge in [0.25, 0.3) is 0 Å². The Morgan fingerprint density at radius 2 is 1.57 bits per heavy atom. The van der Waals surface area contributed by atoms with E-state index in [1.165, 1.54) is 11.1 Å². The summed E-state index contributed by atoms with van der Waals surface area (Å²) in [4.78, 5) is 0. The molecule has 0 bridgehead atoms. The zero-order valence-corrected chi connectivity index (χ0v) is 12.9. The Bertz CT molecular complexity index is 587. The lowest BCUT2D eigenvalue weighted by molar-refractivity contribution is 0.185. The van der Waals surface area contributed by atoms with Crippen LogP contribution in [-0.4, -0.2) is 7.11 Å². The van der Waals surface area contributed by atoms with Crippen molar-refractivity contribution < 1.29 is 9.13 Å². The molecular formula is C18H22FNO. The van der Waals surface area contributed by atoms with E-state index in [1.807, 2.05) is 18.2 Å². The first-order chi connectivity index (χ1) is 10.1. The van der Waals surface area contributed by atoms with Crippen molar-refractivity contribution in [3.05, 3.63) is 70.0 Å². The number of hydrogen-bond donors (Lipinski definition) is 1. The normalized spacial score (nSPS) is 10.9. The second kappa shape index (κ2) is 7.34. The molecule has 0 heterocycles. The largest absolute Gasteiger partial charge is 0.380 e. The van der Waals surface area contributed by atoms with Crippen LogP contribution in [0, 0.1) is 19.7 Å². The number of benzene rings is 2. The number of methoxy groups -OCH3 is 1. The van der Waals surface area contributed by atoms with Crippen molar-refractivity contribution in [3.63, 3.8) is 0 Å². The number of nitrogens with one attached hydrogen (secondary N) is 1. The molecule has 2 aromatic carbocycles. The highest BCUT2D eigenvalue weighted by Crippen LogP contribution is 2.15. The molecule has 0 unspecified atom stereocenters. The van der Waals surface area contributed by atoms with E-state index in [0.29, 0.717) is 17.7 Å². The molecule has 2 rings (SSSR count). The molecule has 0 aromatic heterocycles. The van der Waals surface area contributed by atoms with Crippen LogP contribution in [0.2, 0.25) is 0 Å². The van der Waals surface area contributed by atoms with Gasteiger partial charge in [0.05, 0.1) is 6.61 Å². The number of hydrogen-bond acceptors (Lipinski definition) is 2. The van der Waals surface area contributed by atoms with E-state index in [4.69, 9.17) is 4.74 Å². The maximum Gasteiger partial charge on any atom is 0.129 e. The van der Waals surface area contributed by atoms with Crippen LogP contribution in [0.3, 0.4) is 0 Å². The van der Waals surface area contributed by atoms with Gasteiger partial charge in [0.2, 0.25) is 0 Å². The average molecular weight is 287 g/mol. The minimum Gasteiger partial charge on any atom is -0.380 e. The summed E-state index contributed by atoms with van der Waals surface area (Å²) < 4.78 is 18.7. The van der Waals surface area contributed by atoms with E-state index in [2.05, 4.69) is 23.5 Å². The third kappa shape index (κ3) is 4.38. The fourth-order valence-corrected chi connectivity index (χ4v) is 2.48. The van der Waals surface area contributed by atoms with E-state index in [-0.39, 0.29) is 5.82 Å². The second-order valence-corrected chi connectivity index (χ2v) is 5.40. The molecule has 3 heteroatoms. The Labute approximate surface area is 126 Å². The van der Waals surface area contributed by atoms with Crippen LogP contribution < -0.4 is 5.32 Å². The van der Waals surface area contributed by atoms with Gasteiger partial charge in [0, 0.05) is 20.2 Å². The van der Waals surface area contributed by atoms with Crippen LogP contribution >= 0.6 is 0 Å². The van der Waals surface area contributed by atoms with Crippen molar-refractivity contribution in [2.75, 3.05) is 7.11 Å². The highest BCUT2D eigenvalue weighted by molar-refractivity contribution is 5.30. The van der Waals surface area contributed by atoms with Crippen molar-refractivity contribution >= 4 is 0 Å². The van der Waals surface area contributed by atoms with Gasteiger partial charge >= 0.3 is 0 Å². The van der Waals surface area contributed by atoms with Gasteiger partial charge in [-0.2, -0.15) is 0 Å². The minimum absolute atomic E-state index is 0.106. The molecule has 0 amide bonds. The maximum atomic E-state index is 13.6. The monoisotopic (exact) mass is 287 g/mol. The van der Waals surface area contributed by atoms with Crippen LogP contribution in [0.4, 0.5) is 4.39 Å². The molecule has 0 aliphatic heterocycles. The van der Waals surface area contributed by atoms with Gasteiger partial charge < -0.3 is 10.1 Å². The standard InChI is InChI=1S/C18H22FNO/c1-13-7-17(8-14(2)18(13)19)11-20-10-15-5-4-6-16(9-15)12-21-3/h4-9,20H,10-12H2,1-3H3. The van der Waals surface area contributed by atoms with Crippen LogP contribution in [0.1, 0.15) is 27.8 Å². The molecule has 0 radical (unpaired) electrons. The molecule has 0 saturated heterocycles. The van der Waals surface area contributed by atoms with E-state index in [9.17, 15) is 4.39 Å². The Morgan fingerprint density at radius 1 is 0.952 bits per heavy atom. The summed E-state index contributed by atoms with van der Waals surface area (Å²) in [6, 6.07) is 12.1. The third-order valence-electron chi connectivity index (χ3n) is 3.46. The van der Waals surface area contributed by atoms with Gasteiger partial charge in [-0.25, -0.2) is 4.39 Å². The van der Waals surface area contributed by atoms with Gasteiger partial charge in [-0.05, 0) is 41.7 Å². The summed E-state index contributed by atoms with van der Waals surface area (Å²) in [7, 11) is 1.70. The fraction of sp³-hybridized carbons (Fsp3) is 0.333. The van der Waals surface area contributed by atoms with Crippen LogP contribution in [0.15, 0.2) is 36.4 Å². The quantitative estimate of drug-likeness (QED) is 0.870. The lowest BCUT2D eigenvalue weighted by Gasteiger charge is -2.09. The van der Waals surface area contributed by atoms with Gasteiger partial charge in [-0.3, -0.25) is 0 Å². The molecule has 2 nitrogen and oxygen atoms in total. The average Bonchev–Trinajstić information content (AvgIpc) is 2.45. The summed E-state index contributed by atoms with van der Waals surface area (Å²) in [6.45, 7) is 5.76. The van der Waals surface area contributed by atoms with Crippen LogP contribution in [0.5, 0.6) is 0 Å². The predicted molar refractivity (Wildman–Crippen MR) is 83.6 cm³/mol. The Morgan fingerprint density at radius 3 is 2.24 bits per heavy atom. The van der Waals surface area contributed by atoms with E-state index in [1.54, 1.807) is 21.0 Å². The van der Waals surface area contributed by atoms with Gasteiger partial charge in [0.1, 0.15) is 5.82 Å². The Kier molecular flexibility index (Phi) is 5.48. The maximum absolute atomic E-state index is 13.6. The Balaban J connectivity index is 1.94. The van der Waals surface area contributed by atoms with Crippen LogP contribution in [-0.2, 0) is 24.4 Å². The lowest BCUT2D eigenvalue weighted by Crippen LogP contribution is -2.13. The molecule has 0 aliphatic rings. The van der Waals surface area contributed by atoms with Crippen molar-refractivity contribution in [1.29, 1.82) is 0 Å². The van der Waals surface area contributed by atoms with E-state index < -0.39 is 0 Å². The topological polar surface area (TPSA) is 21.3 Å². The molecule has 21 heavy (non-hydrogen) atoms. The van der Waals surface area contributed by atoms with Gasteiger partial charge in [0.15, 0.2) is 0 Å². The molecule has 0 saturated carbocycles. The first-order valence-corrected chi connectivity index (χ1v) is 7.13. The van der Waals surface area contributed by atoms with Gasteiger partial charge in [-0.15, -0.1) is 0 Å². The summed E-state index contributed by atoms with van der Waals surface area (Å²) in [5, 5.41) is 3.40. The molecule has 0 atom stereocenters. The second-order valence-electron chi connectivity index (χ2n) is 5.40. The number of aryl methyl sites for hydroxylation is 2. The SMILES string of the molecule is COCc1cccc(CNCc2cc(C)c(F)c(C)c2)c1. The molecular weight excluding hydrogens is 265 g/mol. The molecule has 2 aromatic rings. The first kappa shape index (κ1) is 15.7. The first-order valence-electron chi connectivity index (χ1n) is 7.13. The zero-order chi connectivity index (χ0) is 15.2. The van der Waals surface area contributed by atoms with E-state index in [0.717, 1.165) is 18.7 Å². The van der Waals surface area contributed by atoms with E-state index >= 15 is 0 Å². The zero-order valence-electron chi connectivity index (χ0n) is 12.9. The molecule has 0 fully saturated rings. The molecule has 0 aliphatic carbocycles. The molecule has 112 valence electrons. The van der Waals surface area contributed by atoms with Crippen molar-refractivity contribution in [3.8, 4) is 0 Å². The van der Waals surface area contributed by atoms with Crippen molar-refractivity contribution in [1.82, 2.24) is 5.32 Å². The van der Waals surface area contributed by atoms with Crippen molar-refractivity contribution in [2.24, 2.45) is 0 Å².